The van der Waals surface area contributed by atoms with Crippen molar-refractivity contribution in [3.63, 3.8) is 0 Å². The standard InChI is InChI=1S/C36H25N/c1-24-19-21-28-32(23-24)36(31-22-20-25-11-5-6-14-27(25)35(28)31)29-15-7-9-17-33(29)37(26-12-3-2-4-13-26)34-18-10-8-16-30(34)36/h2-23H,1H3. The SMILES string of the molecule is Cc1ccc2c(c1)C1(c3ccccc3N(c3ccccc3)c3ccccc31)c1ccc3ccccc3c1-2. The number of anilines is 3. The number of aryl methyl sites for hydroxylation is 1. The van der Waals surface area contributed by atoms with E-state index in [-0.39, 0.29) is 5.41 Å². The zero-order chi connectivity index (χ0) is 24.6. The Labute approximate surface area is 217 Å². The van der Waals surface area contributed by atoms with Gasteiger partial charge in [0.25, 0.3) is 0 Å². The molecule has 174 valence electrons. The van der Waals surface area contributed by atoms with Crippen LogP contribution in [0.25, 0.3) is 21.9 Å². The molecule has 6 aromatic carbocycles. The van der Waals surface area contributed by atoms with Crippen LogP contribution in [0.4, 0.5) is 17.1 Å². The second kappa shape index (κ2) is 7.44. The Morgan fingerprint density at radius 3 is 1.92 bits per heavy atom. The van der Waals surface area contributed by atoms with E-state index in [0.717, 1.165) is 0 Å². The van der Waals surface area contributed by atoms with Gasteiger partial charge in [0.1, 0.15) is 0 Å². The molecule has 0 saturated carbocycles. The Morgan fingerprint density at radius 2 is 1.16 bits per heavy atom. The van der Waals surface area contributed by atoms with E-state index in [0.29, 0.717) is 0 Å². The van der Waals surface area contributed by atoms with E-state index < -0.39 is 0 Å². The Balaban J connectivity index is 1.58. The number of para-hydroxylation sites is 3. The molecule has 2 aliphatic rings. The molecule has 6 aromatic rings. The van der Waals surface area contributed by atoms with Gasteiger partial charge in [-0.25, -0.2) is 0 Å². The number of rotatable bonds is 1. The summed E-state index contributed by atoms with van der Waals surface area (Å²) in [6.07, 6.45) is 0. The maximum Gasteiger partial charge on any atom is 0.0754 e. The van der Waals surface area contributed by atoms with Crippen molar-refractivity contribution in [3.8, 4) is 11.1 Å². The quantitative estimate of drug-likeness (QED) is 0.230. The first-order valence-corrected chi connectivity index (χ1v) is 13.0. The zero-order valence-electron chi connectivity index (χ0n) is 20.6. The minimum Gasteiger partial charge on any atom is -0.310 e. The van der Waals surface area contributed by atoms with Crippen LogP contribution >= 0.6 is 0 Å². The molecule has 0 radical (unpaired) electrons. The van der Waals surface area contributed by atoms with Crippen LogP contribution in [-0.4, -0.2) is 0 Å². The fourth-order valence-corrected chi connectivity index (χ4v) is 6.89. The summed E-state index contributed by atoms with van der Waals surface area (Å²) in [5.41, 5.74) is 12.7. The summed E-state index contributed by atoms with van der Waals surface area (Å²) in [6.45, 7) is 2.21. The minimum absolute atomic E-state index is 0.390. The number of benzene rings is 6. The molecule has 0 N–H and O–H groups in total. The van der Waals surface area contributed by atoms with Crippen LogP contribution in [0.3, 0.4) is 0 Å². The van der Waals surface area contributed by atoms with Gasteiger partial charge in [-0.1, -0.05) is 115 Å². The molecule has 1 spiro atoms. The van der Waals surface area contributed by atoms with Crippen molar-refractivity contribution in [2.45, 2.75) is 12.3 Å². The Morgan fingerprint density at radius 1 is 0.514 bits per heavy atom. The fraction of sp³-hybridized carbons (Fsp3) is 0.0556. The van der Waals surface area contributed by atoms with Crippen LogP contribution < -0.4 is 4.90 Å². The van der Waals surface area contributed by atoms with Crippen molar-refractivity contribution in [1.82, 2.24) is 0 Å². The van der Waals surface area contributed by atoms with E-state index in [4.69, 9.17) is 0 Å². The molecule has 1 aliphatic carbocycles. The second-order valence-corrected chi connectivity index (χ2v) is 10.2. The van der Waals surface area contributed by atoms with Crippen molar-refractivity contribution < 1.29 is 0 Å². The van der Waals surface area contributed by atoms with Gasteiger partial charge >= 0.3 is 0 Å². The summed E-state index contributed by atoms with van der Waals surface area (Å²) in [6, 6.07) is 49.3. The molecule has 0 aromatic heterocycles. The van der Waals surface area contributed by atoms with Gasteiger partial charge in [-0.15, -0.1) is 0 Å². The van der Waals surface area contributed by atoms with Gasteiger partial charge in [-0.3, -0.25) is 0 Å². The molecule has 0 saturated heterocycles. The highest BCUT2D eigenvalue weighted by atomic mass is 15.2. The number of fused-ring (bicyclic) bond motifs is 11. The summed E-state index contributed by atoms with van der Waals surface area (Å²) < 4.78 is 0. The number of hydrogen-bond acceptors (Lipinski definition) is 1. The van der Waals surface area contributed by atoms with Crippen molar-refractivity contribution in [2.24, 2.45) is 0 Å². The first kappa shape index (κ1) is 20.6. The molecule has 1 heterocycles. The minimum atomic E-state index is -0.390. The molecule has 8 rings (SSSR count). The third kappa shape index (κ3) is 2.58. The topological polar surface area (TPSA) is 3.24 Å². The zero-order valence-corrected chi connectivity index (χ0v) is 20.6. The van der Waals surface area contributed by atoms with Gasteiger partial charge in [0.2, 0.25) is 0 Å². The average Bonchev–Trinajstić information content (AvgIpc) is 3.24. The normalized spacial score (nSPS) is 14.2. The van der Waals surface area contributed by atoms with Crippen molar-refractivity contribution in [2.75, 3.05) is 4.90 Å². The van der Waals surface area contributed by atoms with E-state index in [9.17, 15) is 0 Å². The molecule has 1 heteroatoms. The van der Waals surface area contributed by atoms with E-state index in [1.165, 1.54) is 66.8 Å². The number of nitrogens with zero attached hydrogens (tertiary/aromatic N) is 1. The fourth-order valence-electron chi connectivity index (χ4n) is 6.89. The summed E-state index contributed by atoms with van der Waals surface area (Å²) in [5.74, 6) is 0. The molecule has 0 bridgehead atoms. The molecule has 0 amide bonds. The van der Waals surface area contributed by atoms with Gasteiger partial charge in [0, 0.05) is 5.69 Å². The lowest BCUT2D eigenvalue weighted by Crippen LogP contribution is -2.36. The first-order valence-electron chi connectivity index (χ1n) is 13.0. The highest BCUT2D eigenvalue weighted by Gasteiger charge is 2.52. The molecule has 0 unspecified atom stereocenters. The van der Waals surface area contributed by atoms with Crippen LogP contribution in [0.15, 0.2) is 133 Å². The summed E-state index contributed by atoms with van der Waals surface area (Å²) in [7, 11) is 0. The van der Waals surface area contributed by atoms with E-state index >= 15 is 0 Å². The van der Waals surface area contributed by atoms with Crippen LogP contribution in [0.2, 0.25) is 0 Å². The van der Waals surface area contributed by atoms with Gasteiger partial charge < -0.3 is 4.90 Å². The lowest BCUT2D eigenvalue weighted by molar-refractivity contribution is 0.752. The molecule has 1 aliphatic heterocycles. The predicted molar refractivity (Wildman–Crippen MR) is 154 cm³/mol. The molecular weight excluding hydrogens is 446 g/mol. The second-order valence-electron chi connectivity index (χ2n) is 10.2. The van der Waals surface area contributed by atoms with Crippen LogP contribution in [-0.2, 0) is 5.41 Å². The van der Waals surface area contributed by atoms with Crippen molar-refractivity contribution >= 4 is 27.8 Å². The summed E-state index contributed by atoms with van der Waals surface area (Å²) in [4.78, 5) is 2.43. The average molecular weight is 472 g/mol. The van der Waals surface area contributed by atoms with E-state index in [1.54, 1.807) is 0 Å². The highest BCUT2D eigenvalue weighted by Crippen LogP contribution is 2.64. The third-order valence-electron chi connectivity index (χ3n) is 8.29. The van der Waals surface area contributed by atoms with E-state index in [1.807, 2.05) is 0 Å². The van der Waals surface area contributed by atoms with Gasteiger partial charge in [-0.2, -0.15) is 0 Å². The molecule has 0 atom stereocenters. The smallest absolute Gasteiger partial charge is 0.0754 e. The maximum absolute atomic E-state index is 2.43. The summed E-state index contributed by atoms with van der Waals surface area (Å²) in [5, 5.41) is 2.61. The highest BCUT2D eigenvalue weighted by molar-refractivity contribution is 6.06. The molecule has 1 nitrogen and oxygen atoms in total. The predicted octanol–water partition coefficient (Wildman–Crippen LogP) is 9.29. The van der Waals surface area contributed by atoms with Crippen molar-refractivity contribution in [1.29, 1.82) is 0 Å². The molecule has 37 heavy (non-hydrogen) atoms. The Kier molecular flexibility index (Phi) is 4.14. The lowest BCUT2D eigenvalue weighted by atomic mass is 9.64. The van der Waals surface area contributed by atoms with Gasteiger partial charge in [0.15, 0.2) is 0 Å². The van der Waals surface area contributed by atoms with Crippen LogP contribution in [0, 0.1) is 6.92 Å². The lowest BCUT2D eigenvalue weighted by Gasteiger charge is -2.45. The Bertz CT molecular complexity index is 1800. The first-order chi connectivity index (χ1) is 18.3. The van der Waals surface area contributed by atoms with Gasteiger partial charge in [0.05, 0.1) is 16.8 Å². The van der Waals surface area contributed by atoms with Gasteiger partial charge in [-0.05, 0) is 75.3 Å². The van der Waals surface area contributed by atoms with E-state index in [2.05, 4.69) is 145 Å². The maximum atomic E-state index is 2.43. The third-order valence-corrected chi connectivity index (χ3v) is 8.29. The molecular formula is C36H25N. The molecule has 0 fully saturated rings. The van der Waals surface area contributed by atoms with Crippen molar-refractivity contribution in [3.05, 3.63) is 161 Å². The number of hydrogen-bond donors (Lipinski definition) is 0. The van der Waals surface area contributed by atoms with Crippen LogP contribution in [0.5, 0.6) is 0 Å². The Hall–Kier alpha value is -4.62. The summed E-state index contributed by atoms with van der Waals surface area (Å²) >= 11 is 0. The monoisotopic (exact) mass is 471 g/mol. The van der Waals surface area contributed by atoms with Crippen LogP contribution in [0.1, 0.15) is 27.8 Å². The largest absolute Gasteiger partial charge is 0.310 e.